The number of fused-ring (bicyclic) bond motifs is 1. The van der Waals surface area contributed by atoms with Crippen molar-refractivity contribution < 1.29 is 9.90 Å². The minimum Gasteiger partial charge on any atom is -0.379 e. The Morgan fingerprint density at radius 2 is 2.00 bits per heavy atom. The van der Waals surface area contributed by atoms with Crippen LogP contribution in [-0.2, 0) is 17.6 Å². The molecule has 1 amide bonds. The molecule has 1 saturated heterocycles. The first-order chi connectivity index (χ1) is 9.51. The molecule has 0 bridgehead atoms. The molecule has 0 saturated carbocycles. The molecule has 1 aliphatic heterocycles. The summed E-state index contributed by atoms with van der Waals surface area (Å²) in [5.41, 5.74) is 1.70. The standard InChI is InChI=1S/C16H21NO2S/c1-15(8-12-4-2-3-5-13(12)9-15)10-17-14(18)16(19)6-7-20-11-16/h2-5,19H,6-11H2,1H3,(H,17,18). The van der Waals surface area contributed by atoms with E-state index in [0.29, 0.717) is 18.7 Å². The monoisotopic (exact) mass is 291 g/mol. The normalized spacial score (nSPS) is 27.3. The molecule has 1 unspecified atom stereocenters. The van der Waals surface area contributed by atoms with E-state index >= 15 is 0 Å². The van der Waals surface area contributed by atoms with Crippen molar-refractivity contribution in [3.63, 3.8) is 0 Å². The van der Waals surface area contributed by atoms with Gasteiger partial charge in [-0.05, 0) is 41.6 Å². The van der Waals surface area contributed by atoms with Gasteiger partial charge in [0, 0.05) is 12.3 Å². The van der Waals surface area contributed by atoms with E-state index in [1.807, 2.05) is 0 Å². The number of thioether (sulfide) groups is 1. The molecule has 1 aliphatic carbocycles. The van der Waals surface area contributed by atoms with Crippen LogP contribution in [0.25, 0.3) is 0 Å². The van der Waals surface area contributed by atoms with Gasteiger partial charge in [0.2, 0.25) is 0 Å². The highest BCUT2D eigenvalue weighted by atomic mass is 32.2. The fraction of sp³-hybridized carbons (Fsp3) is 0.562. The molecule has 1 atom stereocenters. The van der Waals surface area contributed by atoms with E-state index in [2.05, 4.69) is 36.5 Å². The summed E-state index contributed by atoms with van der Waals surface area (Å²) in [6.45, 7) is 2.84. The van der Waals surface area contributed by atoms with Crippen molar-refractivity contribution in [2.45, 2.75) is 31.8 Å². The molecule has 20 heavy (non-hydrogen) atoms. The molecule has 0 radical (unpaired) electrons. The van der Waals surface area contributed by atoms with Gasteiger partial charge in [-0.2, -0.15) is 11.8 Å². The number of rotatable bonds is 3. The van der Waals surface area contributed by atoms with Crippen molar-refractivity contribution in [3.05, 3.63) is 35.4 Å². The Labute approximate surface area is 124 Å². The number of carbonyl (C=O) groups is 1. The fourth-order valence-corrected chi connectivity index (χ4v) is 4.44. The van der Waals surface area contributed by atoms with Crippen molar-refractivity contribution in [2.24, 2.45) is 5.41 Å². The zero-order chi connectivity index (χ0) is 14.2. The molecule has 2 aliphatic rings. The van der Waals surface area contributed by atoms with Gasteiger partial charge < -0.3 is 10.4 Å². The summed E-state index contributed by atoms with van der Waals surface area (Å²) >= 11 is 1.65. The second-order valence-electron chi connectivity index (χ2n) is 6.45. The zero-order valence-corrected chi connectivity index (χ0v) is 12.6. The van der Waals surface area contributed by atoms with E-state index in [4.69, 9.17) is 0 Å². The second-order valence-corrected chi connectivity index (χ2v) is 7.55. The lowest BCUT2D eigenvalue weighted by molar-refractivity contribution is -0.137. The summed E-state index contributed by atoms with van der Waals surface area (Å²) < 4.78 is 0. The largest absolute Gasteiger partial charge is 0.379 e. The number of aliphatic hydroxyl groups is 1. The summed E-state index contributed by atoms with van der Waals surface area (Å²) in [5, 5.41) is 13.2. The van der Waals surface area contributed by atoms with Crippen LogP contribution in [0.15, 0.2) is 24.3 Å². The van der Waals surface area contributed by atoms with Crippen LogP contribution in [0.3, 0.4) is 0 Å². The maximum Gasteiger partial charge on any atom is 0.252 e. The van der Waals surface area contributed by atoms with Crippen molar-refractivity contribution in [3.8, 4) is 0 Å². The number of carbonyl (C=O) groups excluding carboxylic acids is 1. The Balaban J connectivity index is 1.61. The van der Waals surface area contributed by atoms with Crippen LogP contribution in [0.1, 0.15) is 24.5 Å². The summed E-state index contributed by atoms with van der Waals surface area (Å²) in [4.78, 5) is 12.2. The van der Waals surface area contributed by atoms with Crippen molar-refractivity contribution in [1.29, 1.82) is 0 Å². The fourth-order valence-electron chi connectivity index (χ4n) is 3.20. The van der Waals surface area contributed by atoms with Gasteiger partial charge in [-0.3, -0.25) is 4.79 Å². The molecule has 1 fully saturated rings. The highest BCUT2D eigenvalue weighted by Crippen LogP contribution is 2.36. The van der Waals surface area contributed by atoms with Crippen LogP contribution < -0.4 is 5.32 Å². The molecule has 1 heterocycles. The van der Waals surface area contributed by atoms with Crippen LogP contribution in [0, 0.1) is 5.41 Å². The van der Waals surface area contributed by atoms with Gasteiger partial charge in [-0.25, -0.2) is 0 Å². The summed E-state index contributed by atoms with van der Waals surface area (Å²) in [6.07, 6.45) is 2.56. The van der Waals surface area contributed by atoms with E-state index in [1.165, 1.54) is 11.1 Å². The van der Waals surface area contributed by atoms with Gasteiger partial charge >= 0.3 is 0 Å². The third-order valence-corrected chi connectivity index (χ3v) is 5.63. The lowest BCUT2D eigenvalue weighted by Gasteiger charge is -2.27. The Bertz CT molecular complexity index is 498. The minimum absolute atomic E-state index is 0.0709. The Morgan fingerprint density at radius 3 is 2.55 bits per heavy atom. The van der Waals surface area contributed by atoms with Crippen LogP contribution in [0.2, 0.25) is 0 Å². The van der Waals surface area contributed by atoms with Crippen molar-refractivity contribution in [2.75, 3.05) is 18.1 Å². The third kappa shape index (κ3) is 2.59. The van der Waals surface area contributed by atoms with Crippen LogP contribution in [0.5, 0.6) is 0 Å². The van der Waals surface area contributed by atoms with E-state index < -0.39 is 5.60 Å². The minimum atomic E-state index is -1.15. The number of hydrogen-bond donors (Lipinski definition) is 2. The van der Waals surface area contributed by atoms with Gasteiger partial charge in [0.1, 0.15) is 0 Å². The molecule has 1 aromatic carbocycles. The smallest absolute Gasteiger partial charge is 0.252 e. The maximum absolute atomic E-state index is 12.2. The van der Waals surface area contributed by atoms with E-state index in [1.54, 1.807) is 11.8 Å². The molecular formula is C16H21NO2S. The average Bonchev–Trinajstić information content (AvgIpc) is 3.00. The number of nitrogens with one attached hydrogen (secondary N) is 1. The third-order valence-electron chi connectivity index (χ3n) is 4.45. The topological polar surface area (TPSA) is 49.3 Å². The second kappa shape index (κ2) is 5.08. The molecule has 1 aromatic rings. The quantitative estimate of drug-likeness (QED) is 0.892. The van der Waals surface area contributed by atoms with Gasteiger partial charge in [-0.15, -0.1) is 0 Å². The Kier molecular flexibility index (Phi) is 3.55. The molecular weight excluding hydrogens is 270 g/mol. The molecule has 4 heteroatoms. The molecule has 2 N–H and O–H groups in total. The van der Waals surface area contributed by atoms with Crippen molar-refractivity contribution in [1.82, 2.24) is 5.32 Å². The SMILES string of the molecule is CC1(CNC(=O)C2(O)CCSC2)Cc2ccccc2C1. The Hall–Kier alpha value is -1.00. The Morgan fingerprint density at radius 1 is 1.35 bits per heavy atom. The lowest BCUT2D eigenvalue weighted by atomic mass is 9.87. The zero-order valence-electron chi connectivity index (χ0n) is 11.8. The molecule has 3 nitrogen and oxygen atoms in total. The number of amides is 1. The van der Waals surface area contributed by atoms with Crippen LogP contribution >= 0.6 is 11.8 Å². The first-order valence-electron chi connectivity index (χ1n) is 7.16. The van der Waals surface area contributed by atoms with Crippen LogP contribution in [-0.4, -0.2) is 34.7 Å². The average molecular weight is 291 g/mol. The molecule has 108 valence electrons. The van der Waals surface area contributed by atoms with Crippen LogP contribution in [0.4, 0.5) is 0 Å². The summed E-state index contributed by atoms with van der Waals surface area (Å²) in [7, 11) is 0. The highest BCUT2D eigenvalue weighted by molar-refractivity contribution is 7.99. The summed E-state index contributed by atoms with van der Waals surface area (Å²) in [5.74, 6) is 1.20. The highest BCUT2D eigenvalue weighted by Gasteiger charge is 2.41. The predicted molar refractivity (Wildman–Crippen MR) is 81.9 cm³/mol. The number of benzene rings is 1. The molecule has 3 rings (SSSR count). The maximum atomic E-state index is 12.2. The number of hydrogen-bond acceptors (Lipinski definition) is 3. The van der Waals surface area contributed by atoms with Gasteiger partial charge in [-0.1, -0.05) is 31.2 Å². The van der Waals surface area contributed by atoms with E-state index in [-0.39, 0.29) is 11.3 Å². The van der Waals surface area contributed by atoms with E-state index in [0.717, 1.165) is 18.6 Å². The first-order valence-corrected chi connectivity index (χ1v) is 8.32. The molecule has 0 spiro atoms. The lowest BCUT2D eigenvalue weighted by Crippen LogP contribution is -2.49. The predicted octanol–water partition coefficient (Wildman–Crippen LogP) is 1.78. The summed E-state index contributed by atoms with van der Waals surface area (Å²) in [6, 6.07) is 8.48. The van der Waals surface area contributed by atoms with Gasteiger partial charge in [0.25, 0.3) is 5.91 Å². The van der Waals surface area contributed by atoms with Gasteiger partial charge in [0.05, 0.1) is 0 Å². The van der Waals surface area contributed by atoms with E-state index in [9.17, 15) is 9.90 Å². The molecule has 0 aromatic heterocycles. The van der Waals surface area contributed by atoms with Crippen molar-refractivity contribution >= 4 is 17.7 Å². The first kappa shape index (κ1) is 14.0. The van der Waals surface area contributed by atoms with Gasteiger partial charge in [0.15, 0.2) is 5.60 Å².